The van der Waals surface area contributed by atoms with Gasteiger partial charge in [-0.3, -0.25) is 4.79 Å². The van der Waals surface area contributed by atoms with Crippen LogP contribution in [0.15, 0.2) is 39.0 Å². The minimum atomic E-state index is -1.09. The molecule has 0 bridgehead atoms. The van der Waals surface area contributed by atoms with Gasteiger partial charge in [0.05, 0.1) is 10.6 Å². The zero-order valence-electron chi connectivity index (χ0n) is 11.4. The third-order valence-corrected chi connectivity index (χ3v) is 3.91. The number of carbonyl (C=O) groups is 1. The maximum Gasteiger partial charge on any atom is 0.337 e. The van der Waals surface area contributed by atoms with Gasteiger partial charge in [-0.2, -0.15) is 0 Å². The maximum atomic E-state index is 11.6. The molecule has 0 aliphatic heterocycles. The third kappa shape index (κ3) is 3.86. The van der Waals surface area contributed by atoms with Crippen LogP contribution in [0.3, 0.4) is 0 Å². The van der Waals surface area contributed by atoms with Crippen LogP contribution in [0.25, 0.3) is 0 Å². The number of hydrogen-bond donors (Lipinski definition) is 2. The topological polar surface area (TPSA) is 83.0 Å². The summed E-state index contributed by atoms with van der Waals surface area (Å²) < 4.78 is 0. The van der Waals surface area contributed by atoms with E-state index in [0.717, 1.165) is 0 Å². The number of nitrogens with zero attached hydrogens (tertiary/aromatic N) is 1. The molecule has 0 amide bonds. The SMILES string of the molecule is CC(C)c1nc(Sc2ccc(Cl)c(C(=O)O)c2)cc(=O)[nH]1. The minimum absolute atomic E-state index is 0.0237. The highest BCUT2D eigenvalue weighted by Gasteiger charge is 2.11. The largest absolute Gasteiger partial charge is 0.478 e. The quantitative estimate of drug-likeness (QED) is 0.842. The molecule has 1 heterocycles. The van der Waals surface area contributed by atoms with Gasteiger partial charge in [-0.25, -0.2) is 9.78 Å². The van der Waals surface area contributed by atoms with Gasteiger partial charge >= 0.3 is 5.97 Å². The van der Waals surface area contributed by atoms with E-state index in [9.17, 15) is 9.59 Å². The molecule has 0 spiro atoms. The van der Waals surface area contributed by atoms with Crippen molar-refractivity contribution in [2.24, 2.45) is 0 Å². The molecule has 0 atom stereocenters. The summed E-state index contributed by atoms with van der Waals surface area (Å²) in [6, 6.07) is 6.06. The first-order valence-corrected chi connectivity index (χ1v) is 7.38. The fourth-order valence-electron chi connectivity index (χ4n) is 1.63. The number of aromatic carboxylic acids is 1. The lowest BCUT2D eigenvalue weighted by Crippen LogP contribution is -2.11. The number of nitrogens with one attached hydrogen (secondary N) is 1. The van der Waals surface area contributed by atoms with Crippen LogP contribution in [-0.2, 0) is 0 Å². The number of hydrogen-bond acceptors (Lipinski definition) is 4. The molecule has 2 N–H and O–H groups in total. The van der Waals surface area contributed by atoms with Gasteiger partial charge in [-0.1, -0.05) is 37.2 Å². The Balaban J connectivity index is 2.36. The first kappa shape index (κ1) is 15.6. The summed E-state index contributed by atoms with van der Waals surface area (Å²) >= 11 is 7.05. The molecule has 0 fully saturated rings. The number of aromatic amines is 1. The molecular weight excluding hydrogens is 312 g/mol. The smallest absolute Gasteiger partial charge is 0.337 e. The van der Waals surface area contributed by atoms with E-state index in [1.54, 1.807) is 6.07 Å². The maximum absolute atomic E-state index is 11.6. The Morgan fingerprint density at radius 1 is 1.38 bits per heavy atom. The number of halogens is 1. The van der Waals surface area contributed by atoms with Crippen molar-refractivity contribution < 1.29 is 9.90 Å². The molecule has 110 valence electrons. The molecule has 2 rings (SSSR count). The van der Waals surface area contributed by atoms with Crippen molar-refractivity contribution in [3.63, 3.8) is 0 Å². The normalized spacial score (nSPS) is 10.9. The van der Waals surface area contributed by atoms with E-state index >= 15 is 0 Å². The number of rotatable bonds is 4. The third-order valence-electron chi connectivity index (χ3n) is 2.67. The molecule has 0 saturated carbocycles. The monoisotopic (exact) mass is 324 g/mol. The molecule has 5 nitrogen and oxygen atoms in total. The summed E-state index contributed by atoms with van der Waals surface area (Å²) in [7, 11) is 0. The van der Waals surface area contributed by atoms with Gasteiger partial charge in [0.1, 0.15) is 10.9 Å². The van der Waals surface area contributed by atoms with Gasteiger partial charge in [-0.05, 0) is 18.2 Å². The fraction of sp³-hybridized carbons (Fsp3) is 0.214. The van der Waals surface area contributed by atoms with Crippen molar-refractivity contribution in [3.05, 3.63) is 51.0 Å². The van der Waals surface area contributed by atoms with Gasteiger partial charge < -0.3 is 10.1 Å². The molecule has 21 heavy (non-hydrogen) atoms. The van der Waals surface area contributed by atoms with Crippen LogP contribution < -0.4 is 5.56 Å². The van der Waals surface area contributed by atoms with Gasteiger partial charge in [0.15, 0.2) is 0 Å². The summed E-state index contributed by atoms with van der Waals surface area (Å²) in [5, 5.41) is 9.74. The van der Waals surface area contributed by atoms with Crippen molar-refractivity contribution in [1.82, 2.24) is 9.97 Å². The number of benzene rings is 1. The van der Waals surface area contributed by atoms with Crippen LogP contribution in [0.5, 0.6) is 0 Å². The van der Waals surface area contributed by atoms with E-state index in [0.29, 0.717) is 15.7 Å². The predicted octanol–water partition coefficient (Wildman–Crippen LogP) is 3.40. The molecule has 0 aliphatic rings. The molecule has 0 unspecified atom stereocenters. The van der Waals surface area contributed by atoms with Crippen LogP contribution in [0.1, 0.15) is 35.9 Å². The molecule has 0 aliphatic carbocycles. The summed E-state index contributed by atoms with van der Waals surface area (Å²) in [5.41, 5.74) is -0.209. The van der Waals surface area contributed by atoms with E-state index in [4.69, 9.17) is 16.7 Å². The van der Waals surface area contributed by atoms with E-state index in [-0.39, 0.29) is 22.1 Å². The zero-order chi connectivity index (χ0) is 15.6. The van der Waals surface area contributed by atoms with Crippen LogP contribution in [0.2, 0.25) is 5.02 Å². The molecule has 2 aromatic rings. The summed E-state index contributed by atoms with van der Waals surface area (Å²) in [6.07, 6.45) is 0. The Labute approximate surface area is 130 Å². The summed E-state index contributed by atoms with van der Waals surface area (Å²) in [5.74, 6) is -0.403. The lowest BCUT2D eigenvalue weighted by atomic mass is 10.2. The number of aromatic nitrogens is 2. The Bertz CT molecular complexity index is 743. The number of carboxylic acids is 1. The highest BCUT2D eigenvalue weighted by Crippen LogP contribution is 2.29. The van der Waals surface area contributed by atoms with Crippen LogP contribution in [0.4, 0.5) is 0 Å². The highest BCUT2D eigenvalue weighted by atomic mass is 35.5. The van der Waals surface area contributed by atoms with Crippen LogP contribution >= 0.6 is 23.4 Å². The molecule has 0 saturated heterocycles. The fourth-order valence-corrected chi connectivity index (χ4v) is 2.69. The van der Waals surface area contributed by atoms with Gasteiger partial charge in [0.2, 0.25) is 0 Å². The standard InChI is InChI=1S/C14H13ClN2O3S/c1-7(2)13-16-11(18)6-12(17-13)21-8-3-4-10(15)9(5-8)14(19)20/h3-7H,1-2H3,(H,19,20)(H,16,17,18). The second kappa shape index (κ2) is 6.32. The van der Waals surface area contributed by atoms with Gasteiger partial charge in [0, 0.05) is 16.9 Å². The minimum Gasteiger partial charge on any atom is -0.478 e. The Hall–Kier alpha value is -1.79. The highest BCUT2D eigenvalue weighted by molar-refractivity contribution is 7.99. The molecule has 1 aromatic carbocycles. The Morgan fingerprint density at radius 3 is 2.71 bits per heavy atom. The number of carboxylic acid groups (broad SMARTS) is 1. The molecular formula is C14H13ClN2O3S. The zero-order valence-corrected chi connectivity index (χ0v) is 13.0. The van der Waals surface area contributed by atoms with Crippen molar-refractivity contribution in [1.29, 1.82) is 0 Å². The van der Waals surface area contributed by atoms with Crippen molar-refractivity contribution in [3.8, 4) is 0 Å². The number of H-pyrrole nitrogens is 1. The Morgan fingerprint density at radius 2 is 2.10 bits per heavy atom. The average Bonchev–Trinajstić information content (AvgIpc) is 2.40. The van der Waals surface area contributed by atoms with Gasteiger partial charge in [0.25, 0.3) is 5.56 Å². The lowest BCUT2D eigenvalue weighted by Gasteiger charge is -2.07. The molecule has 0 radical (unpaired) electrons. The Kier molecular flexibility index (Phi) is 4.69. The molecule has 1 aromatic heterocycles. The van der Waals surface area contributed by atoms with Gasteiger partial charge in [-0.15, -0.1) is 0 Å². The lowest BCUT2D eigenvalue weighted by molar-refractivity contribution is 0.0697. The summed E-state index contributed by atoms with van der Waals surface area (Å²) in [4.78, 5) is 30.4. The predicted molar refractivity (Wildman–Crippen MR) is 81.5 cm³/mol. The first-order chi connectivity index (χ1) is 9.86. The van der Waals surface area contributed by atoms with E-state index in [1.807, 2.05) is 13.8 Å². The van der Waals surface area contributed by atoms with Crippen LogP contribution in [-0.4, -0.2) is 21.0 Å². The van der Waals surface area contributed by atoms with E-state index in [2.05, 4.69) is 9.97 Å². The second-order valence-electron chi connectivity index (χ2n) is 4.67. The molecule has 7 heteroatoms. The van der Waals surface area contributed by atoms with Crippen LogP contribution in [0, 0.1) is 0 Å². The van der Waals surface area contributed by atoms with Crippen molar-refractivity contribution in [2.75, 3.05) is 0 Å². The van der Waals surface area contributed by atoms with E-state index in [1.165, 1.54) is 30.0 Å². The average molecular weight is 325 g/mol. The second-order valence-corrected chi connectivity index (χ2v) is 6.17. The van der Waals surface area contributed by atoms with Crippen molar-refractivity contribution >= 4 is 29.3 Å². The summed E-state index contributed by atoms with van der Waals surface area (Å²) in [6.45, 7) is 3.86. The van der Waals surface area contributed by atoms with E-state index < -0.39 is 5.97 Å². The first-order valence-electron chi connectivity index (χ1n) is 6.19. The van der Waals surface area contributed by atoms with Crippen molar-refractivity contribution in [2.45, 2.75) is 29.7 Å².